The van der Waals surface area contributed by atoms with Gasteiger partial charge in [0.05, 0.1) is 11.0 Å². The van der Waals surface area contributed by atoms with Gasteiger partial charge in [-0.3, -0.25) is 4.79 Å². The van der Waals surface area contributed by atoms with Crippen molar-refractivity contribution < 1.29 is 17.9 Å². The van der Waals surface area contributed by atoms with Crippen LogP contribution in [-0.2, 0) is 14.8 Å². The second-order valence-corrected chi connectivity index (χ2v) is 10.2. The fourth-order valence-electron chi connectivity index (χ4n) is 3.79. The van der Waals surface area contributed by atoms with E-state index in [0.717, 1.165) is 25.0 Å². The van der Waals surface area contributed by atoms with Crippen LogP contribution in [0.3, 0.4) is 0 Å². The molecule has 28 heavy (non-hydrogen) atoms. The molecule has 7 heteroatoms. The molecule has 1 amide bonds. The minimum atomic E-state index is -3.54. The van der Waals surface area contributed by atoms with E-state index in [-0.39, 0.29) is 16.9 Å². The lowest BCUT2D eigenvalue weighted by Crippen LogP contribution is -2.50. The van der Waals surface area contributed by atoms with E-state index in [1.54, 1.807) is 29.2 Å². The Morgan fingerprint density at radius 1 is 1.07 bits per heavy atom. The maximum absolute atomic E-state index is 12.9. The monoisotopic (exact) mass is 408 g/mol. The van der Waals surface area contributed by atoms with Crippen molar-refractivity contribution in [3.05, 3.63) is 24.3 Å². The van der Waals surface area contributed by atoms with Crippen LogP contribution < -0.4 is 4.74 Å². The van der Waals surface area contributed by atoms with Crippen molar-refractivity contribution in [2.75, 3.05) is 26.2 Å². The van der Waals surface area contributed by atoms with Crippen molar-refractivity contribution in [1.82, 2.24) is 9.21 Å². The molecule has 1 aromatic carbocycles. The number of sulfonamides is 1. The van der Waals surface area contributed by atoms with Gasteiger partial charge in [-0.05, 0) is 62.3 Å². The largest absolute Gasteiger partial charge is 0.490 e. The summed E-state index contributed by atoms with van der Waals surface area (Å²) in [6, 6.07) is 6.74. The van der Waals surface area contributed by atoms with E-state index >= 15 is 0 Å². The maximum atomic E-state index is 12.9. The summed E-state index contributed by atoms with van der Waals surface area (Å²) in [5.41, 5.74) is 0. The van der Waals surface area contributed by atoms with Gasteiger partial charge in [-0.15, -0.1) is 0 Å². The second kappa shape index (κ2) is 9.27. The minimum Gasteiger partial charge on any atom is -0.490 e. The molecule has 1 aromatic rings. The highest BCUT2D eigenvalue weighted by molar-refractivity contribution is 7.89. The summed E-state index contributed by atoms with van der Waals surface area (Å²) in [7, 11) is -3.54. The van der Waals surface area contributed by atoms with Crippen LogP contribution in [0.5, 0.6) is 5.75 Å². The van der Waals surface area contributed by atoms with E-state index in [1.165, 1.54) is 17.1 Å². The molecule has 0 aromatic heterocycles. The molecular weight excluding hydrogens is 376 g/mol. The zero-order chi connectivity index (χ0) is 20.1. The number of amides is 1. The van der Waals surface area contributed by atoms with Crippen molar-refractivity contribution in [1.29, 1.82) is 0 Å². The molecule has 0 bridgehead atoms. The van der Waals surface area contributed by atoms with Crippen molar-refractivity contribution in [2.45, 2.75) is 63.4 Å². The Kier molecular flexibility index (Phi) is 6.99. The molecule has 0 radical (unpaired) electrons. The topological polar surface area (TPSA) is 66.9 Å². The molecule has 1 aliphatic heterocycles. The number of benzene rings is 1. The van der Waals surface area contributed by atoms with Gasteiger partial charge in [0.15, 0.2) is 0 Å². The van der Waals surface area contributed by atoms with Crippen LogP contribution >= 0.6 is 0 Å². The number of nitrogens with zero attached hydrogens (tertiary/aromatic N) is 2. The molecule has 2 aliphatic rings. The highest BCUT2D eigenvalue weighted by atomic mass is 32.2. The first kappa shape index (κ1) is 21.1. The van der Waals surface area contributed by atoms with Crippen molar-refractivity contribution in [3.63, 3.8) is 0 Å². The summed E-state index contributed by atoms with van der Waals surface area (Å²) in [5.74, 6) is 1.34. The third-order valence-electron chi connectivity index (χ3n) is 5.59. The molecule has 3 rings (SSSR count). The zero-order valence-corrected chi connectivity index (χ0v) is 17.8. The van der Waals surface area contributed by atoms with E-state index in [2.05, 4.69) is 13.8 Å². The second-order valence-electron chi connectivity index (χ2n) is 8.21. The molecule has 1 saturated heterocycles. The first-order valence-corrected chi connectivity index (χ1v) is 11.8. The molecule has 156 valence electrons. The first-order chi connectivity index (χ1) is 13.4. The molecule has 6 nitrogen and oxygen atoms in total. The van der Waals surface area contributed by atoms with Crippen molar-refractivity contribution >= 4 is 15.9 Å². The molecule has 1 aliphatic carbocycles. The van der Waals surface area contributed by atoms with Gasteiger partial charge >= 0.3 is 0 Å². The van der Waals surface area contributed by atoms with Gasteiger partial charge in [0.1, 0.15) is 5.75 Å². The summed E-state index contributed by atoms with van der Waals surface area (Å²) in [6.07, 6.45) is 6.19. The predicted octanol–water partition coefficient (Wildman–Crippen LogP) is 3.28. The molecule has 1 saturated carbocycles. The standard InChI is InChI=1S/C21H32N2O4S/c1-17(2)7-12-21(24)22-13-15-23(16-14-22)28(25,26)20-10-8-19(9-11-20)27-18-5-3-4-6-18/h8-11,17-18H,3-7,12-16H2,1-2H3. The minimum absolute atomic E-state index is 0.124. The lowest BCUT2D eigenvalue weighted by molar-refractivity contribution is -0.132. The third-order valence-corrected chi connectivity index (χ3v) is 7.51. The van der Waals surface area contributed by atoms with Crippen LogP contribution in [-0.4, -0.2) is 55.8 Å². The van der Waals surface area contributed by atoms with Gasteiger partial charge in [0.2, 0.25) is 15.9 Å². The zero-order valence-electron chi connectivity index (χ0n) is 17.0. The van der Waals surface area contributed by atoms with E-state index < -0.39 is 10.0 Å². The number of rotatable bonds is 7. The third kappa shape index (κ3) is 5.26. The van der Waals surface area contributed by atoms with Gasteiger partial charge in [-0.1, -0.05) is 13.8 Å². The lowest BCUT2D eigenvalue weighted by atomic mass is 10.1. The molecule has 0 atom stereocenters. The van der Waals surface area contributed by atoms with Crippen molar-refractivity contribution in [3.8, 4) is 5.75 Å². The van der Waals surface area contributed by atoms with E-state index in [4.69, 9.17) is 4.74 Å². The molecule has 0 N–H and O–H groups in total. The Labute approximate surface area is 168 Å². The number of hydrogen-bond acceptors (Lipinski definition) is 4. The molecule has 1 heterocycles. The Balaban J connectivity index is 1.55. The average Bonchev–Trinajstić information content (AvgIpc) is 3.19. The average molecular weight is 409 g/mol. The van der Waals surface area contributed by atoms with Gasteiger partial charge in [-0.25, -0.2) is 8.42 Å². The quantitative estimate of drug-likeness (QED) is 0.694. The summed E-state index contributed by atoms with van der Waals surface area (Å²) >= 11 is 0. The van der Waals surface area contributed by atoms with Crippen LogP contribution in [0.15, 0.2) is 29.2 Å². The molecule has 0 unspecified atom stereocenters. The molecule has 0 spiro atoms. The molecular formula is C21H32N2O4S. The van der Waals surface area contributed by atoms with Crippen molar-refractivity contribution in [2.24, 2.45) is 5.92 Å². The Bertz CT molecular complexity index is 747. The molecule has 2 fully saturated rings. The first-order valence-electron chi connectivity index (χ1n) is 10.4. The fourth-order valence-corrected chi connectivity index (χ4v) is 5.21. The Hall–Kier alpha value is -1.60. The van der Waals surface area contributed by atoms with Gasteiger partial charge in [0.25, 0.3) is 0 Å². The Morgan fingerprint density at radius 3 is 2.25 bits per heavy atom. The van der Waals surface area contributed by atoms with Crippen LogP contribution in [0, 0.1) is 5.92 Å². The number of piperazine rings is 1. The number of carbonyl (C=O) groups is 1. The number of ether oxygens (including phenoxy) is 1. The van der Waals surface area contributed by atoms with Gasteiger partial charge in [0, 0.05) is 32.6 Å². The van der Waals surface area contributed by atoms with Crippen LogP contribution in [0.1, 0.15) is 52.4 Å². The van der Waals surface area contributed by atoms with Gasteiger partial charge in [-0.2, -0.15) is 4.31 Å². The SMILES string of the molecule is CC(C)CCC(=O)N1CCN(S(=O)(=O)c2ccc(OC3CCCC3)cc2)CC1. The van der Waals surface area contributed by atoms with E-state index in [1.807, 2.05) is 0 Å². The summed E-state index contributed by atoms with van der Waals surface area (Å²) < 4.78 is 33.2. The van der Waals surface area contributed by atoms with Crippen LogP contribution in [0.2, 0.25) is 0 Å². The van der Waals surface area contributed by atoms with E-state index in [9.17, 15) is 13.2 Å². The smallest absolute Gasteiger partial charge is 0.243 e. The Morgan fingerprint density at radius 2 is 1.68 bits per heavy atom. The van der Waals surface area contributed by atoms with Crippen LogP contribution in [0.25, 0.3) is 0 Å². The number of hydrogen-bond donors (Lipinski definition) is 0. The fraction of sp³-hybridized carbons (Fsp3) is 0.667. The summed E-state index contributed by atoms with van der Waals surface area (Å²) in [6.45, 7) is 5.80. The maximum Gasteiger partial charge on any atom is 0.243 e. The van der Waals surface area contributed by atoms with E-state index in [0.29, 0.717) is 38.5 Å². The normalized spacial score (nSPS) is 19.3. The lowest BCUT2D eigenvalue weighted by Gasteiger charge is -2.34. The summed E-state index contributed by atoms with van der Waals surface area (Å²) in [5, 5.41) is 0. The highest BCUT2D eigenvalue weighted by Gasteiger charge is 2.30. The predicted molar refractivity (Wildman–Crippen MR) is 109 cm³/mol. The highest BCUT2D eigenvalue weighted by Crippen LogP contribution is 2.26. The van der Waals surface area contributed by atoms with Gasteiger partial charge < -0.3 is 9.64 Å². The van der Waals surface area contributed by atoms with Crippen LogP contribution in [0.4, 0.5) is 0 Å². The number of carbonyl (C=O) groups excluding carboxylic acids is 1. The summed E-state index contributed by atoms with van der Waals surface area (Å²) in [4.78, 5) is 14.3.